The Bertz CT molecular complexity index is 386. The zero-order valence-corrected chi connectivity index (χ0v) is 12.5. The fourth-order valence-corrected chi connectivity index (χ4v) is 2.17. The van der Waals surface area contributed by atoms with Crippen molar-refractivity contribution >= 4 is 5.97 Å². The van der Waals surface area contributed by atoms with E-state index in [0.29, 0.717) is 0 Å². The van der Waals surface area contributed by atoms with Crippen molar-refractivity contribution in [1.29, 1.82) is 0 Å². The van der Waals surface area contributed by atoms with E-state index in [-0.39, 0.29) is 11.9 Å². The van der Waals surface area contributed by atoms with Crippen LogP contribution in [0.5, 0.6) is 0 Å². The molecule has 3 nitrogen and oxygen atoms in total. The molecule has 3 heteroatoms. The van der Waals surface area contributed by atoms with E-state index in [4.69, 9.17) is 4.74 Å². The van der Waals surface area contributed by atoms with Gasteiger partial charge in [0.2, 0.25) is 0 Å². The number of benzene rings is 1. The molecule has 1 rings (SSSR count). The Labute approximate surface area is 116 Å². The maximum absolute atomic E-state index is 11.6. The van der Waals surface area contributed by atoms with Crippen molar-refractivity contribution in [3.05, 3.63) is 35.4 Å². The second-order valence-electron chi connectivity index (χ2n) is 5.00. The maximum Gasteiger partial charge on any atom is 0.309 e. The number of rotatable bonds is 7. The van der Waals surface area contributed by atoms with Gasteiger partial charge in [-0.3, -0.25) is 4.79 Å². The van der Waals surface area contributed by atoms with Crippen molar-refractivity contribution < 1.29 is 9.53 Å². The number of carbonyl (C=O) groups is 1. The van der Waals surface area contributed by atoms with E-state index in [1.54, 1.807) is 0 Å². The first-order valence-corrected chi connectivity index (χ1v) is 6.94. The van der Waals surface area contributed by atoms with Crippen molar-refractivity contribution in [2.45, 2.75) is 33.2 Å². The lowest BCUT2D eigenvalue weighted by molar-refractivity contribution is -0.146. The molecule has 0 amide bonds. The molecule has 19 heavy (non-hydrogen) atoms. The molecule has 0 radical (unpaired) electrons. The molecule has 0 aliphatic heterocycles. The number of aryl methyl sites for hydroxylation is 1. The number of hydrogen-bond acceptors (Lipinski definition) is 3. The van der Waals surface area contributed by atoms with Crippen molar-refractivity contribution in [3.63, 3.8) is 0 Å². The molecular formula is C16H25NO2. The average molecular weight is 263 g/mol. The van der Waals surface area contributed by atoms with Crippen LogP contribution in [0.25, 0.3) is 0 Å². The maximum atomic E-state index is 11.6. The van der Waals surface area contributed by atoms with E-state index in [1.807, 2.05) is 14.0 Å². The van der Waals surface area contributed by atoms with Gasteiger partial charge < -0.3 is 9.64 Å². The van der Waals surface area contributed by atoms with Gasteiger partial charge in [0.15, 0.2) is 0 Å². The molecule has 0 aliphatic rings. The molecule has 0 saturated carbocycles. The summed E-state index contributed by atoms with van der Waals surface area (Å²) in [6, 6.07) is 8.66. The highest BCUT2D eigenvalue weighted by molar-refractivity contribution is 5.72. The summed E-state index contributed by atoms with van der Waals surface area (Å²) in [4.78, 5) is 13.7. The monoisotopic (exact) mass is 263 g/mol. The third-order valence-electron chi connectivity index (χ3n) is 3.44. The van der Waals surface area contributed by atoms with Crippen LogP contribution in [0.15, 0.2) is 24.3 Å². The SMILES string of the molecule is CCc1ccc(CN(C)CC(CC)C(=O)OC)cc1. The summed E-state index contributed by atoms with van der Waals surface area (Å²) in [5, 5.41) is 0. The highest BCUT2D eigenvalue weighted by Gasteiger charge is 2.18. The van der Waals surface area contributed by atoms with Gasteiger partial charge in [-0.05, 0) is 31.0 Å². The summed E-state index contributed by atoms with van der Waals surface area (Å²) in [6.45, 7) is 5.77. The first-order valence-electron chi connectivity index (χ1n) is 6.94. The Kier molecular flexibility index (Phi) is 6.57. The molecule has 0 aliphatic carbocycles. The molecule has 0 fully saturated rings. The molecule has 0 bridgehead atoms. The van der Waals surface area contributed by atoms with Gasteiger partial charge in [-0.25, -0.2) is 0 Å². The zero-order valence-electron chi connectivity index (χ0n) is 12.5. The Balaban J connectivity index is 2.53. The van der Waals surface area contributed by atoms with Crippen LogP contribution in [0.4, 0.5) is 0 Å². The van der Waals surface area contributed by atoms with E-state index in [0.717, 1.165) is 25.9 Å². The summed E-state index contributed by atoms with van der Waals surface area (Å²) >= 11 is 0. The molecule has 1 aromatic rings. The zero-order chi connectivity index (χ0) is 14.3. The first kappa shape index (κ1) is 15.7. The molecule has 0 N–H and O–H groups in total. The Morgan fingerprint density at radius 2 is 1.79 bits per heavy atom. The Morgan fingerprint density at radius 1 is 1.21 bits per heavy atom. The molecular weight excluding hydrogens is 238 g/mol. The third kappa shape index (κ3) is 5.03. The average Bonchev–Trinajstić information content (AvgIpc) is 2.44. The molecule has 1 unspecified atom stereocenters. The highest BCUT2D eigenvalue weighted by atomic mass is 16.5. The van der Waals surface area contributed by atoms with Gasteiger partial charge in [0.1, 0.15) is 0 Å². The lowest BCUT2D eigenvalue weighted by Crippen LogP contribution is -2.30. The number of hydrogen-bond donors (Lipinski definition) is 0. The predicted molar refractivity (Wildman–Crippen MR) is 78.0 cm³/mol. The number of nitrogens with zero attached hydrogens (tertiary/aromatic N) is 1. The van der Waals surface area contributed by atoms with Crippen molar-refractivity contribution in [1.82, 2.24) is 4.90 Å². The second kappa shape index (κ2) is 7.95. The molecule has 1 atom stereocenters. The number of ether oxygens (including phenoxy) is 1. The van der Waals surface area contributed by atoms with Crippen LogP contribution < -0.4 is 0 Å². The number of methoxy groups -OCH3 is 1. The lowest BCUT2D eigenvalue weighted by Gasteiger charge is -2.21. The minimum atomic E-state index is -0.115. The fourth-order valence-electron chi connectivity index (χ4n) is 2.17. The van der Waals surface area contributed by atoms with Gasteiger partial charge in [-0.2, -0.15) is 0 Å². The summed E-state index contributed by atoms with van der Waals surface area (Å²) in [7, 11) is 3.49. The Hall–Kier alpha value is -1.35. The Morgan fingerprint density at radius 3 is 2.26 bits per heavy atom. The van der Waals surface area contributed by atoms with Crippen LogP contribution in [0, 0.1) is 5.92 Å². The van der Waals surface area contributed by atoms with E-state index >= 15 is 0 Å². The van der Waals surface area contributed by atoms with Crippen LogP contribution in [-0.2, 0) is 22.5 Å². The van der Waals surface area contributed by atoms with Gasteiger partial charge in [0.25, 0.3) is 0 Å². The summed E-state index contributed by atoms with van der Waals surface area (Å²) < 4.78 is 4.82. The van der Waals surface area contributed by atoms with Crippen LogP contribution in [0.3, 0.4) is 0 Å². The molecule has 0 aromatic heterocycles. The quantitative estimate of drug-likeness (QED) is 0.708. The van der Waals surface area contributed by atoms with Crippen LogP contribution >= 0.6 is 0 Å². The largest absolute Gasteiger partial charge is 0.469 e. The second-order valence-corrected chi connectivity index (χ2v) is 5.00. The van der Waals surface area contributed by atoms with Gasteiger partial charge in [-0.1, -0.05) is 38.1 Å². The van der Waals surface area contributed by atoms with Crippen LogP contribution in [0.2, 0.25) is 0 Å². The smallest absolute Gasteiger partial charge is 0.309 e. The minimum absolute atomic E-state index is 0.0371. The van der Waals surface area contributed by atoms with Gasteiger partial charge in [-0.15, -0.1) is 0 Å². The first-order chi connectivity index (χ1) is 9.10. The highest BCUT2D eigenvalue weighted by Crippen LogP contribution is 2.11. The van der Waals surface area contributed by atoms with Crippen molar-refractivity contribution in [3.8, 4) is 0 Å². The molecule has 0 heterocycles. The van der Waals surface area contributed by atoms with E-state index < -0.39 is 0 Å². The van der Waals surface area contributed by atoms with Crippen molar-refractivity contribution in [2.75, 3.05) is 20.7 Å². The number of carbonyl (C=O) groups excluding carboxylic acids is 1. The fraction of sp³-hybridized carbons (Fsp3) is 0.562. The third-order valence-corrected chi connectivity index (χ3v) is 3.44. The van der Waals surface area contributed by atoms with E-state index in [9.17, 15) is 4.79 Å². The normalized spacial score (nSPS) is 12.5. The lowest BCUT2D eigenvalue weighted by atomic mass is 10.1. The predicted octanol–water partition coefficient (Wildman–Crippen LogP) is 2.88. The number of esters is 1. The van der Waals surface area contributed by atoms with Crippen molar-refractivity contribution in [2.24, 2.45) is 5.92 Å². The molecule has 1 aromatic carbocycles. The van der Waals surface area contributed by atoms with Gasteiger partial charge in [0, 0.05) is 13.1 Å². The molecule has 0 saturated heterocycles. The van der Waals surface area contributed by atoms with E-state index in [1.165, 1.54) is 18.2 Å². The molecule has 0 spiro atoms. The van der Waals surface area contributed by atoms with Crippen LogP contribution in [0.1, 0.15) is 31.4 Å². The minimum Gasteiger partial charge on any atom is -0.469 e. The topological polar surface area (TPSA) is 29.5 Å². The summed E-state index contributed by atoms with van der Waals surface area (Å²) in [5.41, 5.74) is 2.63. The molecule has 106 valence electrons. The van der Waals surface area contributed by atoms with Crippen LogP contribution in [-0.4, -0.2) is 31.6 Å². The summed E-state index contributed by atoms with van der Waals surface area (Å²) in [6.07, 6.45) is 1.88. The standard InChI is InChI=1S/C16H25NO2/c1-5-13-7-9-14(10-8-13)11-17(3)12-15(6-2)16(18)19-4/h7-10,15H,5-6,11-12H2,1-4H3. The van der Waals surface area contributed by atoms with Gasteiger partial charge in [0.05, 0.1) is 13.0 Å². The van der Waals surface area contributed by atoms with Gasteiger partial charge >= 0.3 is 5.97 Å². The van der Waals surface area contributed by atoms with E-state index in [2.05, 4.69) is 36.1 Å². The summed E-state index contributed by atoms with van der Waals surface area (Å²) in [5.74, 6) is -0.152.